The molecule has 1 N–H and O–H groups in total. The smallest absolute Gasteiger partial charge is 0.410 e. The number of nitrogens with one attached hydrogen (secondary N) is 1. The van der Waals surface area contributed by atoms with Gasteiger partial charge in [-0.15, -0.1) is 0 Å². The summed E-state index contributed by atoms with van der Waals surface area (Å²) < 4.78 is 23.9. The minimum Gasteiger partial charge on any atom is -0.444 e. The van der Waals surface area contributed by atoms with Crippen LogP contribution in [-0.2, 0) is 20.3 Å². The molecule has 0 aliphatic heterocycles. The standard InChI is InChI=1S/C17H24BrN3O4S/c1-17(2,3)25-16(22)21(4)7-8-24-9-10-26(23)12-5-6-14-13(11-12)15(18)20-19-14/h5-6,11H,7-10H2,1-4H3,(H,19,20). The number of carbonyl (C=O) groups is 1. The third-order valence-corrected chi connectivity index (χ3v) is 5.35. The van der Waals surface area contributed by atoms with Crippen LogP contribution in [0.5, 0.6) is 0 Å². The van der Waals surface area contributed by atoms with Gasteiger partial charge in [0.25, 0.3) is 0 Å². The highest BCUT2D eigenvalue weighted by atomic mass is 79.9. The van der Waals surface area contributed by atoms with Crippen molar-refractivity contribution in [3.63, 3.8) is 0 Å². The number of carbonyl (C=O) groups excluding carboxylic acids is 1. The Balaban J connectivity index is 1.72. The summed E-state index contributed by atoms with van der Waals surface area (Å²) in [6.45, 7) is 6.59. The van der Waals surface area contributed by atoms with Gasteiger partial charge in [-0.1, -0.05) is 0 Å². The first-order valence-corrected chi connectivity index (χ1v) is 10.3. The monoisotopic (exact) mass is 445 g/mol. The molecule has 2 rings (SSSR count). The third-order valence-electron chi connectivity index (χ3n) is 3.43. The van der Waals surface area contributed by atoms with Gasteiger partial charge in [-0.2, -0.15) is 5.10 Å². The first kappa shape index (κ1) is 20.9. The molecular weight excluding hydrogens is 422 g/mol. The van der Waals surface area contributed by atoms with E-state index in [1.807, 2.05) is 39.0 Å². The summed E-state index contributed by atoms with van der Waals surface area (Å²) in [6.07, 6.45) is -0.385. The van der Waals surface area contributed by atoms with Crippen LogP contribution in [0.3, 0.4) is 0 Å². The van der Waals surface area contributed by atoms with Gasteiger partial charge in [-0.3, -0.25) is 9.31 Å². The van der Waals surface area contributed by atoms with Crippen LogP contribution >= 0.6 is 15.9 Å². The predicted octanol–water partition coefficient (Wildman–Crippen LogP) is 3.32. The van der Waals surface area contributed by atoms with Gasteiger partial charge in [0, 0.05) is 23.9 Å². The number of nitrogens with zero attached hydrogens (tertiary/aromatic N) is 2. The molecule has 0 bridgehead atoms. The van der Waals surface area contributed by atoms with Crippen molar-refractivity contribution in [2.24, 2.45) is 0 Å². The molecular formula is C17H24BrN3O4S. The zero-order valence-corrected chi connectivity index (χ0v) is 17.8. The van der Waals surface area contributed by atoms with E-state index in [0.29, 0.717) is 25.5 Å². The Labute approximate surface area is 164 Å². The molecule has 0 saturated heterocycles. The van der Waals surface area contributed by atoms with Gasteiger partial charge in [0.2, 0.25) is 0 Å². The maximum atomic E-state index is 12.4. The number of H-pyrrole nitrogens is 1. The molecule has 0 radical (unpaired) electrons. The van der Waals surface area contributed by atoms with Crippen LogP contribution in [0.4, 0.5) is 4.79 Å². The number of halogens is 1. The van der Waals surface area contributed by atoms with Crippen molar-refractivity contribution in [3.8, 4) is 0 Å². The van der Waals surface area contributed by atoms with E-state index in [9.17, 15) is 9.00 Å². The lowest BCUT2D eigenvalue weighted by atomic mass is 10.2. The summed E-state index contributed by atoms with van der Waals surface area (Å²) in [6, 6.07) is 5.50. The first-order valence-electron chi connectivity index (χ1n) is 8.21. The van der Waals surface area contributed by atoms with Crippen LogP contribution in [0.1, 0.15) is 20.8 Å². The number of hydrogen-bond acceptors (Lipinski definition) is 5. The second-order valence-electron chi connectivity index (χ2n) is 6.78. The molecule has 1 aromatic heterocycles. The quantitative estimate of drug-likeness (QED) is 0.660. The van der Waals surface area contributed by atoms with E-state index in [2.05, 4.69) is 26.1 Å². The van der Waals surface area contributed by atoms with Crippen LogP contribution in [0.15, 0.2) is 27.7 Å². The number of ether oxygens (including phenoxy) is 2. The zero-order chi connectivity index (χ0) is 19.3. The van der Waals surface area contributed by atoms with Gasteiger partial charge < -0.3 is 14.4 Å². The molecule has 144 valence electrons. The second kappa shape index (κ2) is 8.96. The van der Waals surface area contributed by atoms with E-state index >= 15 is 0 Å². The van der Waals surface area contributed by atoms with Crippen LogP contribution < -0.4 is 0 Å². The molecule has 7 nitrogen and oxygen atoms in total. The fourth-order valence-corrected chi connectivity index (χ4v) is 3.47. The largest absolute Gasteiger partial charge is 0.444 e. The van der Waals surface area contributed by atoms with Crippen LogP contribution in [-0.4, -0.2) is 63.6 Å². The molecule has 1 heterocycles. The van der Waals surface area contributed by atoms with E-state index in [4.69, 9.17) is 9.47 Å². The van der Waals surface area contributed by atoms with Gasteiger partial charge in [-0.05, 0) is 54.9 Å². The highest BCUT2D eigenvalue weighted by Gasteiger charge is 2.19. The van der Waals surface area contributed by atoms with Crippen molar-refractivity contribution >= 4 is 43.7 Å². The number of hydrogen-bond donors (Lipinski definition) is 1. The lowest BCUT2D eigenvalue weighted by molar-refractivity contribution is 0.0239. The Bertz CT molecular complexity index is 788. The van der Waals surface area contributed by atoms with Crippen molar-refractivity contribution in [2.45, 2.75) is 31.3 Å². The molecule has 0 saturated carbocycles. The predicted molar refractivity (Wildman–Crippen MR) is 105 cm³/mol. The maximum absolute atomic E-state index is 12.4. The van der Waals surface area contributed by atoms with E-state index in [1.54, 1.807) is 7.05 Å². The fraction of sp³-hybridized carbons (Fsp3) is 0.529. The van der Waals surface area contributed by atoms with Gasteiger partial charge in [0.1, 0.15) is 10.2 Å². The van der Waals surface area contributed by atoms with Crippen molar-refractivity contribution in [1.82, 2.24) is 15.1 Å². The van der Waals surface area contributed by atoms with Gasteiger partial charge in [-0.25, -0.2) is 4.79 Å². The molecule has 0 spiro atoms. The van der Waals surface area contributed by atoms with E-state index in [0.717, 1.165) is 20.4 Å². The summed E-state index contributed by atoms with van der Waals surface area (Å²) in [5, 5.41) is 7.86. The van der Waals surface area contributed by atoms with E-state index < -0.39 is 16.4 Å². The highest BCUT2D eigenvalue weighted by Crippen LogP contribution is 2.23. The number of aromatic nitrogens is 2. The van der Waals surface area contributed by atoms with E-state index in [-0.39, 0.29) is 6.09 Å². The number of fused-ring (bicyclic) bond motifs is 1. The molecule has 1 aromatic carbocycles. The zero-order valence-electron chi connectivity index (χ0n) is 15.4. The third kappa shape index (κ3) is 6.07. The van der Waals surface area contributed by atoms with Crippen LogP contribution in [0, 0.1) is 0 Å². The van der Waals surface area contributed by atoms with Gasteiger partial charge in [0.05, 0.1) is 35.3 Å². The minimum atomic E-state index is -1.16. The highest BCUT2D eigenvalue weighted by molar-refractivity contribution is 9.10. The minimum absolute atomic E-state index is 0.347. The summed E-state index contributed by atoms with van der Waals surface area (Å²) >= 11 is 3.38. The first-order chi connectivity index (χ1) is 12.2. The molecule has 1 unspecified atom stereocenters. The number of benzene rings is 1. The number of aromatic amines is 1. The Morgan fingerprint density at radius 1 is 1.35 bits per heavy atom. The number of rotatable bonds is 7. The van der Waals surface area contributed by atoms with E-state index in [1.165, 1.54) is 4.90 Å². The summed E-state index contributed by atoms with van der Waals surface area (Å²) in [5.41, 5.74) is 0.299. The Hall–Kier alpha value is -1.45. The summed E-state index contributed by atoms with van der Waals surface area (Å²) in [5.74, 6) is 0.386. The SMILES string of the molecule is CN(CCOCCS(=O)c1ccc2n[nH]c(Br)c2c1)C(=O)OC(C)(C)C. The van der Waals surface area contributed by atoms with Crippen molar-refractivity contribution in [2.75, 3.05) is 32.6 Å². The maximum Gasteiger partial charge on any atom is 0.410 e. The summed E-state index contributed by atoms with van der Waals surface area (Å²) in [4.78, 5) is 14.0. The molecule has 0 aliphatic carbocycles. The Morgan fingerprint density at radius 3 is 2.77 bits per heavy atom. The fourth-order valence-electron chi connectivity index (χ4n) is 2.09. The molecule has 1 amide bonds. The topological polar surface area (TPSA) is 84.5 Å². The normalized spacial score (nSPS) is 13.0. The average molecular weight is 446 g/mol. The van der Waals surface area contributed by atoms with Crippen LogP contribution in [0.25, 0.3) is 10.9 Å². The van der Waals surface area contributed by atoms with Crippen LogP contribution in [0.2, 0.25) is 0 Å². The average Bonchev–Trinajstić information content (AvgIpc) is 2.93. The molecule has 0 aliphatic rings. The van der Waals surface area contributed by atoms with Crippen molar-refractivity contribution in [3.05, 3.63) is 22.8 Å². The van der Waals surface area contributed by atoms with Gasteiger partial charge in [0.15, 0.2) is 0 Å². The van der Waals surface area contributed by atoms with Crippen molar-refractivity contribution in [1.29, 1.82) is 0 Å². The molecule has 26 heavy (non-hydrogen) atoms. The Kier molecular flexibility index (Phi) is 7.19. The number of amides is 1. The molecule has 0 fully saturated rings. The lowest BCUT2D eigenvalue weighted by Crippen LogP contribution is -2.36. The van der Waals surface area contributed by atoms with Gasteiger partial charge >= 0.3 is 6.09 Å². The number of likely N-dealkylation sites (N-methyl/N-ethyl adjacent to an activating group) is 1. The molecule has 2 aromatic rings. The summed E-state index contributed by atoms with van der Waals surface area (Å²) in [7, 11) is 0.499. The molecule has 9 heteroatoms. The Morgan fingerprint density at radius 2 is 2.08 bits per heavy atom. The van der Waals surface area contributed by atoms with Crippen molar-refractivity contribution < 1.29 is 18.5 Å². The lowest BCUT2D eigenvalue weighted by Gasteiger charge is -2.24. The molecule has 1 atom stereocenters. The second-order valence-corrected chi connectivity index (χ2v) is 9.14.